The van der Waals surface area contributed by atoms with Gasteiger partial charge in [-0.15, -0.1) is 11.8 Å². The predicted octanol–water partition coefficient (Wildman–Crippen LogP) is 6.27. The summed E-state index contributed by atoms with van der Waals surface area (Å²) in [4.78, 5) is 12.3. The molecule has 3 aromatic carbocycles. The lowest BCUT2D eigenvalue weighted by Gasteiger charge is -2.14. The molecule has 0 heterocycles. The molecule has 4 N–H and O–H groups in total. The van der Waals surface area contributed by atoms with Crippen LogP contribution in [-0.2, 0) is 17.5 Å². The number of hydrogen-bond acceptors (Lipinski definition) is 4. The summed E-state index contributed by atoms with van der Waals surface area (Å²) in [7, 11) is 0. The van der Waals surface area contributed by atoms with Crippen LogP contribution in [0.25, 0.3) is 6.08 Å². The lowest BCUT2D eigenvalue weighted by Crippen LogP contribution is -2.09. The molecule has 0 saturated carbocycles. The summed E-state index contributed by atoms with van der Waals surface area (Å²) < 4.78 is 39.6. The van der Waals surface area contributed by atoms with Crippen LogP contribution in [0.2, 0.25) is 0 Å². The van der Waals surface area contributed by atoms with Crippen LogP contribution in [-0.4, -0.2) is 12.2 Å². The molecule has 0 saturated heterocycles. The first-order chi connectivity index (χ1) is 15.3. The van der Waals surface area contributed by atoms with Crippen molar-refractivity contribution in [1.29, 1.82) is 0 Å². The van der Waals surface area contributed by atoms with E-state index in [0.717, 1.165) is 29.0 Å². The Morgan fingerprint density at radius 3 is 2.44 bits per heavy atom. The molecular formula is C24H22F3N3OS. The van der Waals surface area contributed by atoms with E-state index in [-0.39, 0.29) is 10.8 Å². The topological polar surface area (TPSA) is 67.2 Å². The number of anilines is 3. The van der Waals surface area contributed by atoms with Crippen LogP contribution in [0.5, 0.6) is 0 Å². The van der Waals surface area contributed by atoms with Crippen LogP contribution >= 0.6 is 11.8 Å². The smallest absolute Gasteiger partial charge is 0.397 e. The van der Waals surface area contributed by atoms with Gasteiger partial charge in [-0.1, -0.05) is 36.4 Å². The minimum Gasteiger partial charge on any atom is -0.397 e. The van der Waals surface area contributed by atoms with Gasteiger partial charge < -0.3 is 16.4 Å². The molecule has 3 rings (SSSR count). The molecule has 0 atom stereocenters. The lowest BCUT2D eigenvalue weighted by molar-refractivity contribution is -0.139. The maximum absolute atomic E-state index is 13.2. The highest BCUT2D eigenvalue weighted by Gasteiger charge is 2.33. The van der Waals surface area contributed by atoms with E-state index in [1.54, 1.807) is 42.7 Å². The number of alkyl halides is 3. The van der Waals surface area contributed by atoms with Gasteiger partial charge in [0.05, 0.1) is 16.9 Å². The summed E-state index contributed by atoms with van der Waals surface area (Å²) in [6, 6.07) is 18.6. The van der Waals surface area contributed by atoms with E-state index < -0.39 is 11.7 Å². The normalized spacial score (nSPS) is 11.5. The molecule has 1 amide bonds. The molecule has 0 aliphatic rings. The second-order valence-electron chi connectivity index (χ2n) is 6.92. The number of nitrogens with two attached hydrogens (primary N) is 1. The van der Waals surface area contributed by atoms with E-state index >= 15 is 0 Å². The van der Waals surface area contributed by atoms with E-state index in [1.165, 1.54) is 12.1 Å². The van der Waals surface area contributed by atoms with E-state index in [1.807, 2.05) is 24.3 Å². The van der Waals surface area contributed by atoms with Crippen LogP contribution in [0, 0.1) is 0 Å². The first kappa shape index (κ1) is 23.3. The maximum atomic E-state index is 13.2. The third-order valence-corrected chi connectivity index (χ3v) is 5.42. The summed E-state index contributed by atoms with van der Waals surface area (Å²) in [6.45, 7) is 0.369. The van der Waals surface area contributed by atoms with Gasteiger partial charge in [0.1, 0.15) is 0 Å². The number of carbonyl (C=O) groups is 1. The zero-order valence-corrected chi connectivity index (χ0v) is 18.1. The number of halogens is 3. The molecule has 0 fully saturated rings. The first-order valence-corrected chi connectivity index (χ1v) is 10.9. The van der Waals surface area contributed by atoms with Crippen molar-refractivity contribution < 1.29 is 18.0 Å². The number of hydrogen-bond donors (Lipinski definition) is 3. The highest BCUT2D eigenvalue weighted by atomic mass is 32.2. The number of amides is 1. The van der Waals surface area contributed by atoms with Crippen LogP contribution in [0.3, 0.4) is 0 Å². The van der Waals surface area contributed by atoms with Gasteiger partial charge >= 0.3 is 6.18 Å². The fourth-order valence-corrected chi connectivity index (χ4v) is 3.55. The first-order valence-electron chi connectivity index (χ1n) is 9.68. The number of nitrogen functional groups attached to an aromatic ring is 1. The molecular weight excluding hydrogens is 435 g/mol. The average Bonchev–Trinajstić information content (AvgIpc) is 2.78. The van der Waals surface area contributed by atoms with Gasteiger partial charge in [0, 0.05) is 23.2 Å². The SMILES string of the molecule is CSc1ccc(NCc2ccc(/C=C/C(=O)Nc3ccccc3N)cc2)cc1C(F)(F)F. The Labute approximate surface area is 188 Å². The van der Waals surface area contributed by atoms with Gasteiger partial charge in [-0.3, -0.25) is 4.79 Å². The third-order valence-electron chi connectivity index (χ3n) is 4.63. The van der Waals surface area contributed by atoms with E-state index in [2.05, 4.69) is 10.6 Å². The molecule has 166 valence electrons. The maximum Gasteiger partial charge on any atom is 0.417 e. The molecule has 0 aliphatic carbocycles. The van der Waals surface area contributed by atoms with Gasteiger partial charge in [0.25, 0.3) is 0 Å². The van der Waals surface area contributed by atoms with Crippen molar-refractivity contribution in [3.63, 3.8) is 0 Å². The number of benzene rings is 3. The molecule has 3 aromatic rings. The van der Waals surface area contributed by atoms with E-state index in [0.29, 0.717) is 23.6 Å². The van der Waals surface area contributed by atoms with Gasteiger partial charge in [0.15, 0.2) is 0 Å². The Hall–Kier alpha value is -3.39. The van der Waals surface area contributed by atoms with Gasteiger partial charge in [-0.05, 0) is 53.8 Å². The largest absolute Gasteiger partial charge is 0.417 e. The van der Waals surface area contributed by atoms with E-state index in [4.69, 9.17) is 5.73 Å². The van der Waals surface area contributed by atoms with Crippen LogP contribution in [0.15, 0.2) is 77.7 Å². The Kier molecular flexibility index (Phi) is 7.48. The number of para-hydroxylation sites is 2. The molecule has 0 radical (unpaired) electrons. The zero-order valence-electron chi connectivity index (χ0n) is 17.2. The third kappa shape index (κ3) is 6.31. The van der Waals surface area contributed by atoms with Crippen LogP contribution in [0.4, 0.5) is 30.2 Å². The van der Waals surface area contributed by atoms with Crippen LogP contribution < -0.4 is 16.4 Å². The van der Waals surface area contributed by atoms with Gasteiger partial charge in [-0.25, -0.2) is 0 Å². The lowest BCUT2D eigenvalue weighted by atomic mass is 10.1. The molecule has 0 aromatic heterocycles. The Morgan fingerprint density at radius 1 is 1.06 bits per heavy atom. The van der Waals surface area contributed by atoms with Crippen molar-refractivity contribution in [3.05, 3.63) is 89.5 Å². The molecule has 4 nitrogen and oxygen atoms in total. The summed E-state index contributed by atoms with van der Waals surface area (Å²) in [5.41, 5.74) is 8.29. The molecule has 0 bridgehead atoms. The fourth-order valence-electron chi connectivity index (χ4n) is 2.95. The van der Waals surface area contributed by atoms with Crippen molar-refractivity contribution in [1.82, 2.24) is 0 Å². The number of rotatable bonds is 7. The minimum atomic E-state index is -4.40. The average molecular weight is 458 g/mol. The van der Waals surface area contributed by atoms with Crippen LogP contribution in [0.1, 0.15) is 16.7 Å². The number of thioether (sulfide) groups is 1. The van der Waals surface area contributed by atoms with Crippen molar-refractivity contribution in [3.8, 4) is 0 Å². The highest BCUT2D eigenvalue weighted by molar-refractivity contribution is 7.98. The van der Waals surface area contributed by atoms with Gasteiger partial charge in [0.2, 0.25) is 5.91 Å². The summed E-state index contributed by atoms with van der Waals surface area (Å²) in [5, 5.41) is 5.73. The van der Waals surface area contributed by atoms with E-state index in [9.17, 15) is 18.0 Å². The zero-order chi connectivity index (χ0) is 23.1. The Balaban J connectivity index is 1.59. The van der Waals surface area contributed by atoms with Gasteiger partial charge in [-0.2, -0.15) is 13.2 Å². The van der Waals surface area contributed by atoms with Crippen molar-refractivity contribution in [2.75, 3.05) is 22.6 Å². The predicted molar refractivity (Wildman–Crippen MR) is 126 cm³/mol. The Morgan fingerprint density at radius 2 is 1.78 bits per heavy atom. The second kappa shape index (κ2) is 10.3. The van der Waals surface area contributed by atoms with Crippen molar-refractivity contribution >= 4 is 40.8 Å². The second-order valence-corrected chi connectivity index (χ2v) is 7.77. The molecule has 0 aliphatic heterocycles. The summed E-state index contributed by atoms with van der Waals surface area (Å²) in [6.07, 6.45) is 0.297. The summed E-state index contributed by atoms with van der Waals surface area (Å²) >= 11 is 1.07. The quantitative estimate of drug-likeness (QED) is 0.222. The monoisotopic (exact) mass is 457 g/mol. The molecule has 0 unspecified atom stereocenters. The molecule has 8 heteroatoms. The number of nitrogens with one attached hydrogen (secondary N) is 2. The fraction of sp³-hybridized carbons (Fsp3) is 0.125. The van der Waals surface area contributed by atoms with Crippen molar-refractivity contribution in [2.45, 2.75) is 17.6 Å². The minimum absolute atomic E-state index is 0.193. The number of carbonyl (C=O) groups excluding carboxylic acids is 1. The molecule has 0 spiro atoms. The molecule has 32 heavy (non-hydrogen) atoms. The highest BCUT2D eigenvalue weighted by Crippen LogP contribution is 2.37. The Bertz CT molecular complexity index is 1110. The standard InChI is InChI=1S/C24H22F3N3OS/c1-32-22-12-11-18(14-19(22)24(25,26)27)29-15-17-8-6-16(7-9-17)10-13-23(31)30-21-5-3-2-4-20(21)28/h2-14,29H,15,28H2,1H3,(H,30,31)/b13-10+. The summed E-state index contributed by atoms with van der Waals surface area (Å²) in [5.74, 6) is -0.303. The van der Waals surface area contributed by atoms with Crippen molar-refractivity contribution in [2.24, 2.45) is 0 Å².